The number of hydrogen-bond donors (Lipinski definition) is 2. The molecule has 1 aromatic carbocycles. The third kappa shape index (κ3) is 2.40. The fourth-order valence-corrected chi connectivity index (χ4v) is 1.72. The molecule has 0 radical (unpaired) electrons. The van der Waals surface area contributed by atoms with Crippen LogP contribution in [0, 0.1) is 0 Å². The van der Waals surface area contributed by atoms with E-state index in [-0.39, 0.29) is 17.5 Å². The Morgan fingerprint density at radius 1 is 1.11 bits per heavy atom. The Balaban J connectivity index is 2.48. The van der Waals surface area contributed by atoms with Crippen molar-refractivity contribution in [3.05, 3.63) is 47.9 Å². The molecular formula is C13H10O5. The number of furan rings is 1. The molecule has 18 heavy (non-hydrogen) atoms. The van der Waals surface area contributed by atoms with Crippen LogP contribution in [0.1, 0.15) is 15.9 Å². The Hall–Kier alpha value is -2.56. The standard InChI is InChI=1S/C13H10O5/c14-12(15)6-10-5-8(9-3-4-18-7-9)1-2-11(10)13(16)17/h1-5,7H,6H2,(H,14,15)(H,16,17). The molecule has 92 valence electrons. The Morgan fingerprint density at radius 3 is 2.44 bits per heavy atom. The minimum absolute atomic E-state index is 0.00430. The van der Waals surface area contributed by atoms with Gasteiger partial charge in [0.25, 0.3) is 0 Å². The highest BCUT2D eigenvalue weighted by Gasteiger charge is 2.14. The predicted octanol–water partition coefficient (Wildman–Crippen LogP) is 2.27. The predicted molar refractivity (Wildman–Crippen MR) is 62.4 cm³/mol. The summed E-state index contributed by atoms with van der Waals surface area (Å²) in [7, 11) is 0. The summed E-state index contributed by atoms with van der Waals surface area (Å²) in [6, 6.07) is 6.31. The molecule has 5 nitrogen and oxygen atoms in total. The van der Waals surface area contributed by atoms with Crippen LogP contribution in [0.3, 0.4) is 0 Å². The second kappa shape index (κ2) is 4.75. The van der Waals surface area contributed by atoms with Gasteiger partial charge in [-0.15, -0.1) is 0 Å². The highest BCUT2D eigenvalue weighted by atomic mass is 16.4. The largest absolute Gasteiger partial charge is 0.481 e. The van der Waals surface area contributed by atoms with E-state index < -0.39 is 11.9 Å². The third-order valence-electron chi connectivity index (χ3n) is 2.53. The molecule has 2 N–H and O–H groups in total. The Bertz CT molecular complexity index is 583. The van der Waals surface area contributed by atoms with Crippen LogP contribution in [-0.2, 0) is 11.2 Å². The van der Waals surface area contributed by atoms with Crippen LogP contribution in [0.5, 0.6) is 0 Å². The number of carbonyl (C=O) groups is 2. The quantitative estimate of drug-likeness (QED) is 0.863. The molecule has 0 bridgehead atoms. The van der Waals surface area contributed by atoms with Crippen molar-refractivity contribution >= 4 is 11.9 Å². The number of carboxylic acids is 2. The Morgan fingerprint density at radius 2 is 1.89 bits per heavy atom. The second-order valence-electron chi connectivity index (χ2n) is 3.76. The van der Waals surface area contributed by atoms with Crippen molar-refractivity contribution in [3.8, 4) is 11.1 Å². The van der Waals surface area contributed by atoms with Crippen molar-refractivity contribution in [2.24, 2.45) is 0 Å². The molecule has 0 saturated heterocycles. The third-order valence-corrected chi connectivity index (χ3v) is 2.53. The summed E-state index contributed by atoms with van der Waals surface area (Å²) in [5, 5.41) is 17.8. The highest BCUT2D eigenvalue weighted by molar-refractivity contribution is 5.91. The van der Waals surface area contributed by atoms with Gasteiger partial charge in [-0.25, -0.2) is 4.79 Å². The molecule has 0 aliphatic rings. The average Bonchev–Trinajstić information content (AvgIpc) is 2.81. The van der Waals surface area contributed by atoms with E-state index in [0.717, 1.165) is 11.1 Å². The number of aromatic carboxylic acids is 1. The summed E-state index contributed by atoms with van der Waals surface area (Å²) in [6.07, 6.45) is 2.69. The summed E-state index contributed by atoms with van der Waals surface area (Å²) >= 11 is 0. The molecule has 0 aliphatic carbocycles. The summed E-state index contributed by atoms with van der Waals surface area (Å²) in [5.74, 6) is -2.20. The molecule has 1 heterocycles. The fourth-order valence-electron chi connectivity index (χ4n) is 1.72. The minimum atomic E-state index is -1.13. The monoisotopic (exact) mass is 246 g/mol. The molecule has 0 amide bonds. The van der Waals surface area contributed by atoms with Gasteiger partial charge in [0.15, 0.2) is 0 Å². The van der Waals surface area contributed by atoms with Crippen molar-refractivity contribution in [2.75, 3.05) is 0 Å². The van der Waals surface area contributed by atoms with Gasteiger partial charge in [-0.3, -0.25) is 4.79 Å². The molecule has 0 aliphatic heterocycles. The van der Waals surface area contributed by atoms with Gasteiger partial charge in [0, 0.05) is 5.56 Å². The lowest BCUT2D eigenvalue weighted by Crippen LogP contribution is -2.08. The Kier molecular flexibility index (Phi) is 3.14. The first-order valence-corrected chi connectivity index (χ1v) is 5.18. The summed E-state index contributed by atoms with van der Waals surface area (Å²) < 4.78 is 4.93. The van der Waals surface area contributed by atoms with Crippen molar-refractivity contribution in [1.29, 1.82) is 0 Å². The molecule has 0 saturated carbocycles. The number of aliphatic carboxylic acids is 1. The van der Waals surface area contributed by atoms with E-state index in [1.807, 2.05) is 0 Å². The number of benzene rings is 1. The van der Waals surface area contributed by atoms with Crippen molar-refractivity contribution in [1.82, 2.24) is 0 Å². The van der Waals surface area contributed by atoms with Crippen LogP contribution >= 0.6 is 0 Å². The lowest BCUT2D eigenvalue weighted by atomic mass is 9.99. The van der Waals surface area contributed by atoms with Crippen molar-refractivity contribution in [3.63, 3.8) is 0 Å². The van der Waals surface area contributed by atoms with Gasteiger partial charge in [-0.2, -0.15) is 0 Å². The SMILES string of the molecule is O=C(O)Cc1cc(-c2ccoc2)ccc1C(=O)O. The summed E-state index contributed by atoms with van der Waals surface area (Å²) in [4.78, 5) is 21.7. The van der Waals surface area contributed by atoms with Gasteiger partial charge in [0.05, 0.1) is 24.5 Å². The molecule has 0 spiro atoms. The first kappa shape index (κ1) is 11.9. The molecule has 2 rings (SSSR count). The maximum absolute atomic E-state index is 11.0. The van der Waals surface area contributed by atoms with E-state index in [9.17, 15) is 9.59 Å². The molecule has 0 fully saturated rings. The van der Waals surface area contributed by atoms with Gasteiger partial charge >= 0.3 is 11.9 Å². The first-order chi connectivity index (χ1) is 8.58. The van der Waals surface area contributed by atoms with Gasteiger partial charge < -0.3 is 14.6 Å². The normalized spacial score (nSPS) is 10.2. The Labute approximate surface area is 102 Å². The lowest BCUT2D eigenvalue weighted by Gasteiger charge is -2.06. The van der Waals surface area contributed by atoms with Crippen LogP contribution in [0.4, 0.5) is 0 Å². The molecule has 0 unspecified atom stereocenters. The van der Waals surface area contributed by atoms with E-state index in [2.05, 4.69) is 0 Å². The van der Waals surface area contributed by atoms with Gasteiger partial charge in [-0.05, 0) is 29.3 Å². The molecule has 2 aromatic rings. The zero-order valence-corrected chi connectivity index (χ0v) is 9.29. The fraction of sp³-hybridized carbons (Fsp3) is 0.0769. The van der Waals surface area contributed by atoms with E-state index in [1.54, 1.807) is 18.2 Å². The number of hydrogen-bond acceptors (Lipinski definition) is 3. The van der Waals surface area contributed by atoms with Crippen LogP contribution in [-0.4, -0.2) is 22.2 Å². The second-order valence-corrected chi connectivity index (χ2v) is 3.76. The van der Waals surface area contributed by atoms with Crippen LogP contribution in [0.2, 0.25) is 0 Å². The average molecular weight is 246 g/mol. The lowest BCUT2D eigenvalue weighted by molar-refractivity contribution is -0.136. The van der Waals surface area contributed by atoms with Gasteiger partial charge in [0.1, 0.15) is 0 Å². The molecule has 0 atom stereocenters. The molecule has 5 heteroatoms. The maximum Gasteiger partial charge on any atom is 0.335 e. The van der Waals surface area contributed by atoms with Crippen LogP contribution in [0.25, 0.3) is 11.1 Å². The number of carboxylic acid groups (broad SMARTS) is 2. The number of rotatable bonds is 4. The van der Waals surface area contributed by atoms with Gasteiger partial charge in [0.2, 0.25) is 0 Å². The smallest absolute Gasteiger partial charge is 0.335 e. The highest BCUT2D eigenvalue weighted by Crippen LogP contribution is 2.23. The van der Waals surface area contributed by atoms with E-state index in [4.69, 9.17) is 14.6 Å². The van der Waals surface area contributed by atoms with Crippen molar-refractivity contribution < 1.29 is 24.2 Å². The van der Waals surface area contributed by atoms with E-state index in [0.29, 0.717) is 0 Å². The molecular weight excluding hydrogens is 236 g/mol. The maximum atomic E-state index is 11.0. The minimum Gasteiger partial charge on any atom is -0.481 e. The summed E-state index contributed by atoms with van der Waals surface area (Å²) in [5.41, 5.74) is 1.78. The van der Waals surface area contributed by atoms with E-state index >= 15 is 0 Å². The van der Waals surface area contributed by atoms with Crippen LogP contribution in [0.15, 0.2) is 41.2 Å². The zero-order valence-electron chi connectivity index (χ0n) is 9.29. The summed E-state index contributed by atoms with van der Waals surface area (Å²) in [6.45, 7) is 0. The zero-order chi connectivity index (χ0) is 13.1. The topological polar surface area (TPSA) is 87.7 Å². The van der Waals surface area contributed by atoms with E-state index in [1.165, 1.54) is 18.6 Å². The van der Waals surface area contributed by atoms with Crippen molar-refractivity contribution in [2.45, 2.75) is 6.42 Å². The van der Waals surface area contributed by atoms with Gasteiger partial charge in [-0.1, -0.05) is 6.07 Å². The first-order valence-electron chi connectivity index (χ1n) is 5.18. The molecule has 1 aromatic heterocycles. The van der Waals surface area contributed by atoms with Crippen LogP contribution < -0.4 is 0 Å².